The normalized spacial score (nSPS) is 10.8. The summed E-state index contributed by atoms with van der Waals surface area (Å²) in [7, 11) is 0. The van der Waals surface area contributed by atoms with E-state index in [1.165, 1.54) is 12.0 Å². The maximum atomic E-state index is 3.01. The fraction of sp³-hybridized carbons (Fsp3) is 0.400. The van der Waals surface area contributed by atoms with Gasteiger partial charge in [0.05, 0.1) is 0 Å². The van der Waals surface area contributed by atoms with Crippen molar-refractivity contribution in [3.63, 3.8) is 0 Å². The van der Waals surface area contributed by atoms with Crippen molar-refractivity contribution in [1.82, 2.24) is 0 Å². The van der Waals surface area contributed by atoms with Gasteiger partial charge >= 0.3 is 0 Å². The molecule has 12 heavy (non-hydrogen) atoms. The van der Waals surface area contributed by atoms with Gasteiger partial charge in [-0.1, -0.05) is 20.3 Å². The Labute approximate surface area is 88.8 Å². The Hall–Kier alpha value is -0.132. The van der Waals surface area contributed by atoms with Crippen LogP contribution < -0.4 is 0 Å². The van der Waals surface area contributed by atoms with E-state index in [2.05, 4.69) is 32.0 Å². The summed E-state index contributed by atoms with van der Waals surface area (Å²) in [6.07, 6.45) is 1.21. The van der Waals surface area contributed by atoms with Gasteiger partial charge in [0.1, 0.15) is 0 Å². The number of benzene rings is 1. The zero-order chi connectivity index (χ0) is 7.40. The van der Waals surface area contributed by atoms with E-state index in [4.69, 9.17) is 0 Å². The van der Waals surface area contributed by atoms with Crippen LogP contribution in [0.25, 0.3) is 0 Å². The smallest absolute Gasteiger partial charge is 0 e. The van der Waals surface area contributed by atoms with Gasteiger partial charge in [-0.05, 0) is 5.92 Å². The molecule has 0 aliphatic heterocycles. The van der Waals surface area contributed by atoms with Gasteiger partial charge in [0.15, 0.2) is 0 Å². The molecule has 1 nitrogen and oxygen atoms in total. The van der Waals surface area contributed by atoms with Crippen LogP contribution in [0.15, 0.2) is 24.3 Å². The summed E-state index contributed by atoms with van der Waals surface area (Å²) >= 11 is 0. The van der Waals surface area contributed by atoms with Crippen LogP contribution in [0.2, 0.25) is 0 Å². The summed E-state index contributed by atoms with van der Waals surface area (Å²) in [6.45, 7) is 4.46. The minimum atomic E-state index is 0. The van der Waals surface area contributed by atoms with Gasteiger partial charge in [-0.25, -0.2) is 0 Å². The van der Waals surface area contributed by atoms with E-state index >= 15 is 0 Å². The molecule has 1 atom stereocenters. The van der Waals surface area contributed by atoms with E-state index in [0.717, 1.165) is 0 Å². The summed E-state index contributed by atoms with van der Waals surface area (Å²) < 4.78 is 0. The van der Waals surface area contributed by atoms with Crippen molar-refractivity contribution in [1.29, 1.82) is 0 Å². The third kappa shape index (κ3) is 4.04. The first-order valence-corrected chi connectivity index (χ1v) is 3.80. The van der Waals surface area contributed by atoms with Crippen LogP contribution in [0.4, 0.5) is 0 Å². The Kier molecular flexibility index (Phi) is 9.01. The van der Waals surface area contributed by atoms with Crippen LogP contribution in [0.3, 0.4) is 0 Å². The van der Waals surface area contributed by atoms with Gasteiger partial charge in [-0.3, -0.25) is 0 Å². The van der Waals surface area contributed by atoms with E-state index in [9.17, 15) is 0 Å². The molecule has 0 saturated heterocycles. The summed E-state index contributed by atoms with van der Waals surface area (Å²) in [5.74, 6) is 0.689. The minimum Gasteiger partial charge on any atom is -0.412 e. The molecule has 0 aromatic heterocycles. The van der Waals surface area contributed by atoms with Crippen molar-refractivity contribution in [2.75, 3.05) is 0 Å². The van der Waals surface area contributed by atoms with Crippen molar-refractivity contribution in [3.05, 3.63) is 35.9 Å². The first-order chi connectivity index (χ1) is 4.84. The van der Waals surface area contributed by atoms with E-state index in [1.807, 2.05) is 12.1 Å². The molecule has 1 aromatic rings. The second kappa shape index (κ2) is 7.51. The van der Waals surface area contributed by atoms with Gasteiger partial charge < -0.3 is 5.48 Å². The standard InChI is InChI=1S/C10H13.H2O.W/c1-3-9(2)10-7-5-4-6-8-10;;/h5-9H,3H2,1-2H3;1H2;/q-1;;. The molecule has 0 aliphatic rings. The van der Waals surface area contributed by atoms with E-state index in [1.54, 1.807) is 0 Å². The van der Waals surface area contributed by atoms with Gasteiger partial charge in [-0.2, -0.15) is 35.9 Å². The average Bonchev–Trinajstić information content (AvgIpc) is 2.05. The zero-order valence-electron chi connectivity index (χ0n) is 7.50. The van der Waals surface area contributed by atoms with Gasteiger partial charge in [0.25, 0.3) is 0 Å². The number of hydrogen-bond donors (Lipinski definition) is 0. The fourth-order valence-electron chi connectivity index (χ4n) is 0.964. The topological polar surface area (TPSA) is 31.5 Å². The molecule has 2 heteroatoms. The van der Waals surface area contributed by atoms with Crippen LogP contribution in [-0.4, -0.2) is 5.48 Å². The van der Waals surface area contributed by atoms with Crippen molar-refractivity contribution in [2.45, 2.75) is 26.2 Å². The molecule has 0 bridgehead atoms. The zero-order valence-corrected chi connectivity index (χ0v) is 10.4. The Balaban J connectivity index is 0. The van der Waals surface area contributed by atoms with Crippen LogP contribution in [0, 0.1) is 6.07 Å². The van der Waals surface area contributed by atoms with Crippen LogP contribution in [0.1, 0.15) is 31.7 Å². The SMILES string of the molecule is CCC(C)c1cc[c-]cc1.O.[W]. The largest absolute Gasteiger partial charge is 0.412 e. The van der Waals surface area contributed by atoms with Gasteiger partial charge in [-0.15, -0.1) is 0 Å². The van der Waals surface area contributed by atoms with Gasteiger partial charge in [0.2, 0.25) is 0 Å². The van der Waals surface area contributed by atoms with Crippen LogP contribution >= 0.6 is 0 Å². The third-order valence-electron chi connectivity index (χ3n) is 1.93. The Morgan fingerprint density at radius 2 is 1.83 bits per heavy atom. The minimum absolute atomic E-state index is 0. The molecule has 0 amide bonds. The average molecular weight is 335 g/mol. The Morgan fingerprint density at radius 3 is 2.25 bits per heavy atom. The quantitative estimate of drug-likeness (QED) is 0.742. The van der Waals surface area contributed by atoms with Crippen LogP contribution in [-0.2, 0) is 21.1 Å². The molecule has 0 saturated carbocycles. The molecule has 2 N–H and O–H groups in total. The van der Waals surface area contributed by atoms with Crippen molar-refractivity contribution < 1.29 is 26.5 Å². The Bertz CT molecular complexity index is 186. The molecule has 0 heterocycles. The summed E-state index contributed by atoms with van der Waals surface area (Å²) in [4.78, 5) is 0. The molecule has 1 aromatic carbocycles. The molecular weight excluding hydrogens is 320 g/mol. The van der Waals surface area contributed by atoms with Gasteiger partial charge in [0, 0.05) is 21.1 Å². The maximum Gasteiger partial charge on any atom is 0 e. The van der Waals surface area contributed by atoms with Crippen LogP contribution in [0.5, 0.6) is 0 Å². The molecular formula is C10H15OW-. The predicted molar refractivity (Wildman–Crippen MR) is 47.6 cm³/mol. The molecule has 0 fully saturated rings. The molecule has 0 radical (unpaired) electrons. The van der Waals surface area contributed by atoms with Crippen molar-refractivity contribution in [3.8, 4) is 0 Å². The monoisotopic (exact) mass is 335 g/mol. The summed E-state index contributed by atoms with van der Waals surface area (Å²) in [5, 5.41) is 0. The first-order valence-electron chi connectivity index (χ1n) is 3.80. The number of rotatable bonds is 2. The fourth-order valence-corrected chi connectivity index (χ4v) is 0.964. The van der Waals surface area contributed by atoms with Crippen molar-refractivity contribution >= 4 is 0 Å². The molecule has 1 unspecified atom stereocenters. The summed E-state index contributed by atoms with van der Waals surface area (Å²) in [5.41, 5.74) is 1.42. The molecule has 1 rings (SSSR count). The maximum absolute atomic E-state index is 3.01. The predicted octanol–water partition coefficient (Wildman–Crippen LogP) is 2.17. The molecule has 0 aliphatic carbocycles. The Morgan fingerprint density at radius 1 is 1.33 bits per heavy atom. The van der Waals surface area contributed by atoms with Crippen molar-refractivity contribution in [2.24, 2.45) is 0 Å². The first kappa shape index (κ1) is 14.4. The molecule has 0 spiro atoms. The van der Waals surface area contributed by atoms with E-state index < -0.39 is 0 Å². The van der Waals surface area contributed by atoms with E-state index in [0.29, 0.717) is 5.92 Å². The summed E-state index contributed by atoms with van der Waals surface area (Å²) in [6, 6.07) is 11.2. The second-order valence-corrected chi connectivity index (χ2v) is 2.64. The van der Waals surface area contributed by atoms with E-state index in [-0.39, 0.29) is 26.5 Å². The second-order valence-electron chi connectivity index (χ2n) is 2.64. The third-order valence-corrected chi connectivity index (χ3v) is 1.93. The molecule has 68 valence electrons. The number of hydrogen-bond acceptors (Lipinski definition) is 0.